The first kappa shape index (κ1) is 22.9. The van der Waals surface area contributed by atoms with Crippen molar-refractivity contribution >= 4 is 23.9 Å². The number of hydrogen-bond acceptors (Lipinski definition) is 8. The molecule has 1 aliphatic carbocycles. The van der Waals surface area contributed by atoms with Crippen molar-refractivity contribution in [3.63, 3.8) is 0 Å². The number of carbonyl (C=O) groups is 4. The van der Waals surface area contributed by atoms with Crippen molar-refractivity contribution in [2.75, 3.05) is 0 Å². The number of carbonyl (C=O) groups excluding carboxylic acids is 4. The van der Waals surface area contributed by atoms with Gasteiger partial charge in [-0.15, -0.1) is 0 Å². The summed E-state index contributed by atoms with van der Waals surface area (Å²) < 4.78 is 21.0. The van der Waals surface area contributed by atoms with Crippen molar-refractivity contribution < 1.29 is 38.1 Å². The lowest BCUT2D eigenvalue weighted by Crippen LogP contribution is -1.96. The summed E-state index contributed by atoms with van der Waals surface area (Å²) in [6.45, 7) is 0. The predicted molar refractivity (Wildman–Crippen MR) is 136 cm³/mol. The van der Waals surface area contributed by atoms with Gasteiger partial charge in [-0.1, -0.05) is 24.3 Å². The molecule has 3 aliphatic rings. The van der Waals surface area contributed by atoms with Crippen molar-refractivity contribution in [1.82, 2.24) is 0 Å². The molecule has 39 heavy (non-hydrogen) atoms. The molecule has 0 spiro atoms. The van der Waals surface area contributed by atoms with Crippen LogP contribution in [0.25, 0.3) is 0 Å². The van der Waals surface area contributed by atoms with Gasteiger partial charge in [-0.2, -0.15) is 0 Å². The molecule has 0 saturated heterocycles. The van der Waals surface area contributed by atoms with E-state index in [1.807, 2.05) is 48.5 Å². The lowest BCUT2D eigenvalue weighted by molar-refractivity contribution is 0.0425. The number of esters is 4. The second-order valence-electron chi connectivity index (χ2n) is 9.56. The minimum Gasteiger partial charge on any atom is -0.457 e. The van der Waals surface area contributed by atoms with Gasteiger partial charge < -0.3 is 18.9 Å². The lowest BCUT2D eigenvalue weighted by atomic mass is 10.0. The molecule has 0 amide bonds. The Kier molecular flexibility index (Phi) is 5.09. The molecule has 190 valence electrons. The number of ether oxygens (including phenoxy) is 4. The normalized spacial score (nSPS) is 18.8. The molecule has 0 bridgehead atoms. The summed E-state index contributed by atoms with van der Waals surface area (Å²) in [6.07, 6.45) is 1.03. The van der Waals surface area contributed by atoms with Crippen LogP contribution in [0.2, 0.25) is 0 Å². The Morgan fingerprint density at radius 1 is 0.462 bits per heavy atom. The smallest absolute Gasteiger partial charge is 0.347 e. The molecule has 2 atom stereocenters. The van der Waals surface area contributed by atoms with Gasteiger partial charge in [0.05, 0.1) is 22.3 Å². The number of fused-ring (bicyclic) bond motifs is 2. The Morgan fingerprint density at radius 3 is 1.23 bits per heavy atom. The molecular weight excluding hydrogens is 500 g/mol. The van der Waals surface area contributed by atoms with Gasteiger partial charge in [0.1, 0.15) is 23.0 Å². The molecule has 0 aromatic heterocycles. The minimum atomic E-state index is -0.664. The van der Waals surface area contributed by atoms with E-state index < -0.39 is 23.9 Å². The SMILES string of the molecule is O=C1OC(=O)c2cc(Oc3ccc(C4CC4c4ccc(Oc5ccc6c(c5)C(=O)OC6=O)cc4)cc3)ccc21. The average molecular weight is 518 g/mol. The predicted octanol–water partition coefficient (Wildman–Crippen LogP) is 6.16. The lowest BCUT2D eigenvalue weighted by Gasteiger charge is -2.09. The van der Waals surface area contributed by atoms with Crippen LogP contribution in [0.1, 0.15) is 70.8 Å². The highest BCUT2D eigenvalue weighted by molar-refractivity contribution is 6.15. The van der Waals surface area contributed by atoms with Crippen LogP contribution in [0.5, 0.6) is 23.0 Å². The third-order valence-electron chi connectivity index (χ3n) is 7.11. The summed E-state index contributed by atoms with van der Waals surface area (Å²) in [5.74, 6) is 0.333. The Bertz CT molecular complexity index is 1580. The van der Waals surface area contributed by atoms with Crippen molar-refractivity contribution in [3.05, 3.63) is 118 Å². The summed E-state index contributed by atoms with van der Waals surface area (Å²) >= 11 is 0. The molecule has 2 aliphatic heterocycles. The van der Waals surface area contributed by atoms with Crippen molar-refractivity contribution in [2.45, 2.75) is 18.3 Å². The van der Waals surface area contributed by atoms with E-state index in [2.05, 4.69) is 9.47 Å². The van der Waals surface area contributed by atoms with Gasteiger partial charge in [0, 0.05) is 0 Å². The maximum absolute atomic E-state index is 11.8. The molecule has 1 saturated carbocycles. The highest BCUT2D eigenvalue weighted by Gasteiger charge is 2.39. The van der Waals surface area contributed by atoms with E-state index in [9.17, 15) is 19.2 Å². The molecule has 4 aromatic carbocycles. The summed E-state index contributed by atoms with van der Waals surface area (Å²) in [5, 5.41) is 0. The zero-order valence-electron chi connectivity index (χ0n) is 20.2. The molecule has 0 radical (unpaired) electrons. The van der Waals surface area contributed by atoms with Crippen LogP contribution in [0.4, 0.5) is 0 Å². The second kappa shape index (κ2) is 8.66. The van der Waals surface area contributed by atoms with Crippen LogP contribution < -0.4 is 9.47 Å². The van der Waals surface area contributed by atoms with Crippen molar-refractivity contribution in [3.8, 4) is 23.0 Å². The monoisotopic (exact) mass is 518 g/mol. The first-order valence-electron chi connectivity index (χ1n) is 12.3. The van der Waals surface area contributed by atoms with E-state index in [0.717, 1.165) is 6.42 Å². The van der Waals surface area contributed by atoms with Gasteiger partial charge >= 0.3 is 23.9 Å². The molecule has 2 unspecified atom stereocenters. The largest absolute Gasteiger partial charge is 0.457 e. The molecule has 7 rings (SSSR count). The van der Waals surface area contributed by atoms with Crippen molar-refractivity contribution in [2.24, 2.45) is 0 Å². The number of hydrogen-bond donors (Lipinski definition) is 0. The fourth-order valence-corrected chi connectivity index (χ4v) is 5.03. The van der Waals surface area contributed by atoms with Gasteiger partial charge in [-0.3, -0.25) is 0 Å². The first-order valence-corrected chi connectivity index (χ1v) is 12.3. The Hall–Kier alpha value is -5.24. The third kappa shape index (κ3) is 4.12. The Morgan fingerprint density at radius 2 is 0.821 bits per heavy atom. The fourth-order valence-electron chi connectivity index (χ4n) is 5.03. The van der Waals surface area contributed by atoms with Crippen LogP contribution in [0.3, 0.4) is 0 Å². The van der Waals surface area contributed by atoms with Gasteiger partial charge in [-0.05, 0) is 90.0 Å². The molecule has 1 fully saturated rings. The van der Waals surface area contributed by atoms with Crippen molar-refractivity contribution in [1.29, 1.82) is 0 Å². The molecular formula is C31H18O8. The summed E-state index contributed by atoms with van der Waals surface area (Å²) in [7, 11) is 0. The quantitative estimate of drug-likeness (QED) is 0.221. The van der Waals surface area contributed by atoms with E-state index in [-0.39, 0.29) is 22.3 Å². The van der Waals surface area contributed by atoms with E-state index in [0.29, 0.717) is 34.8 Å². The van der Waals surface area contributed by atoms with Crippen LogP contribution in [-0.2, 0) is 9.47 Å². The highest BCUT2D eigenvalue weighted by atomic mass is 16.6. The maximum Gasteiger partial charge on any atom is 0.347 e. The average Bonchev–Trinajstić information content (AvgIpc) is 3.62. The van der Waals surface area contributed by atoms with Gasteiger partial charge in [0.15, 0.2) is 0 Å². The third-order valence-corrected chi connectivity index (χ3v) is 7.11. The molecule has 8 heteroatoms. The van der Waals surface area contributed by atoms with Gasteiger partial charge in [0.25, 0.3) is 0 Å². The van der Waals surface area contributed by atoms with Crippen LogP contribution >= 0.6 is 0 Å². The van der Waals surface area contributed by atoms with E-state index in [4.69, 9.17) is 9.47 Å². The number of rotatable bonds is 6. The van der Waals surface area contributed by atoms with Crippen LogP contribution in [-0.4, -0.2) is 23.9 Å². The summed E-state index contributed by atoms with van der Waals surface area (Å²) in [6, 6.07) is 25.0. The molecule has 4 aromatic rings. The summed E-state index contributed by atoms with van der Waals surface area (Å²) in [4.78, 5) is 46.8. The summed E-state index contributed by atoms with van der Waals surface area (Å²) in [5.41, 5.74) is 3.31. The zero-order chi connectivity index (χ0) is 26.7. The molecule has 0 N–H and O–H groups in total. The molecule has 2 heterocycles. The van der Waals surface area contributed by atoms with Gasteiger partial charge in [-0.25, -0.2) is 19.2 Å². The van der Waals surface area contributed by atoms with Crippen LogP contribution in [0.15, 0.2) is 84.9 Å². The number of cyclic esters (lactones) is 4. The standard InChI is InChI=1S/C31H18O8/c32-28-22-11-9-20(13-26(22)30(34)38-28)36-18-5-1-16(2-6-18)24-15-25(24)17-3-7-19(8-4-17)37-21-10-12-23-27(14-21)31(35)39-29(23)33/h1-14,24-25H,15H2. The number of benzene rings is 4. The fraction of sp³-hybridized carbons (Fsp3) is 0.0968. The Labute approximate surface area is 221 Å². The topological polar surface area (TPSA) is 105 Å². The van der Waals surface area contributed by atoms with Crippen LogP contribution in [0, 0.1) is 0 Å². The van der Waals surface area contributed by atoms with E-state index in [1.54, 1.807) is 12.1 Å². The Balaban J connectivity index is 0.987. The highest BCUT2D eigenvalue weighted by Crippen LogP contribution is 2.55. The molecule has 8 nitrogen and oxygen atoms in total. The first-order chi connectivity index (χ1) is 18.9. The van der Waals surface area contributed by atoms with E-state index >= 15 is 0 Å². The van der Waals surface area contributed by atoms with Gasteiger partial charge in [0.2, 0.25) is 0 Å². The maximum atomic E-state index is 11.8. The second-order valence-corrected chi connectivity index (χ2v) is 9.56. The minimum absolute atomic E-state index is 0.208. The van der Waals surface area contributed by atoms with E-state index in [1.165, 1.54) is 35.4 Å². The zero-order valence-corrected chi connectivity index (χ0v) is 20.2.